The largest absolute Gasteiger partial charge is 0.497 e. The Balaban J connectivity index is 1.73. The first kappa shape index (κ1) is 20.7. The van der Waals surface area contributed by atoms with Crippen molar-refractivity contribution in [2.24, 2.45) is 5.92 Å². The molecule has 2 aromatic rings. The number of carbonyl (C=O) groups is 1. The fraction of sp³-hybridized carbons (Fsp3) is 0.480. The normalized spacial score (nSPS) is 26.0. The zero-order valence-corrected chi connectivity index (χ0v) is 17.8. The van der Waals surface area contributed by atoms with E-state index in [-0.39, 0.29) is 17.9 Å². The second kappa shape index (κ2) is 8.68. The number of amides is 1. The van der Waals surface area contributed by atoms with Crippen molar-refractivity contribution < 1.29 is 19.4 Å². The average Bonchev–Trinajstić information content (AvgIpc) is 2.78. The van der Waals surface area contributed by atoms with E-state index in [9.17, 15) is 9.90 Å². The second-order valence-electron chi connectivity index (χ2n) is 8.51. The van der Waals surface area contributed by atoms with E-state index in [4.69, 9.17) is 9.47 Å². The third-order valence-corrected chi connectivity index (χ3v) is 6.85. The minimum Gasteiger partial charge on any atom is -0.497 e. The highest BCUT2D eigenvalue weighted by molar-refractivity contribution is 5.79. The van der Waals surface area contributed by atoms with Crippen LogP contribution in [0.3, 0.4) is 0 Å². The molecule has 2 aliphatic rings. The molecule has 0 bridgehead atoms. The molecule has 5 nitrogen and oxygen atoms in total. The summed E-state index contributed by atoms with van der Waals surface area (Å²) in [5.41, 5.74) is 1.23. The summed E-state index contributed by atoms with van der Waals surface area (Å²) in [6, 6.07) is 15.4. The highest BCUT2D eigenvalue weighted by Crippen LogP contribution is 2.51. The number of hydrogen-bond acceptors (Lipinski definition) is 4. The Kier molecular flexibility index (Phi) is 6.00. The Morgan fingerprint density at radius 3 is 2.63 bits per heavy atom. The third kappa shape index (κ3) is 3.91. The number of aliphatic hydroxyl groups is 1. The standard InChI is InChI=1S/C25H31NO4/c1-29-19-11-12-20(22(17-19)30-2)24-21-10-6-7-13-25(21,28)14-15-26(24)23(27)16-18-8-4-3-5-9-18/h3-5,8-9,11-12,17,21,24,28H,6-7,10,13-16H2,1-2H3/t21-,24+,25+/m0/s1. The van der Waals surface area contributed by atoms with Gasteiger partial charge >= 0.3 is 0 Å². The second-order valence-corrected chi connectivity index (χ2v) is 8.51. The van der Waals surface area contributed by atoms with Crippen molar-refractivity contribution in [2.75, 3.05) is 20.8 Å². The molecular formula is C25H31NO4. The molecule has 4 rings (SSSR count). The van der Waals surface area contributed by atoms with Crippen LogP contribution >= 0.6 is 0 Å². The van der Waals surface area contributed by atoms with E-state index in [1.54, 1.807) is 14.2 Å². The molecule has 2 fully saturated rings. The number of piperidine rings is 1. The van der Waals surface area contributed by atoms with Gasteiger partial charge in [-0.1, -0.05) is 43.2 Å². The quantitative estimate of drug-likeness (QED) is 0.806. The first-order chi connectivity index (χ1) is 14.6. The summed E-state index contributed by atoms with van der Waals surface area (Å²) in [4.78, 5) is 15.4. The molecule has 0 unspecified atom stereocenters. The van der Waals surface area contributed by atoms with Crippen molar-refractivity contribution in [1.29, 1.82) is 0 Å². The van der Waals surface area contributed by atoms with Crippen molar-refractivity contribution in [3.8, 4) is 11.5 Å². The molecule has 1 aliphatic heterocycles. The van der Waals surface area contributed by atoms with E-state index in [2.05, 4.69) is 0 Å². The van der Waals surface area contributed by atoms with Crippen LogP contribution in [0.1, 0.15) is 49.3 Å². The summed E-state index contributed by atoms with van der Waals surface area (Å²) in [6.07, 6.45) is 4.81. The molecule has 30 heavy (non-hydrogen) atoms. The molecule has 0 radical (unpaired) electrons. The van der Waals surface area contributed by atoms with E-state index in [0.29, 0.717) is 30.9 Å². The van der Waals surface area contributed by atoms with E-state index in [1.165, 1.54) is 0 Å². The third-order valence-electron chi connectivity index (χ3n) is 6.85. The van der Waals surface area contributed by atoms with Gasteiger partial charge in [-0.05, 0) is 37.0 Å². The van der Waals surface area contributed by atoms with Crippen LogP contribution < -0.4 is 9.47 Å². The summed E-state index contributed by atoms with van der Waals surface area (Å²) < 4.78 is 11.1. The molecule has 1 heterocycles. The number of rotatable bonds is 5. The predicted molar refractivity (Wildman–Crippen MR) is 116 cm³/mol. The van der Waals surface area contributed by atoms with Crippen molar-refractivity contribution in [1.82, 2.24) is 4.90 Å². The highest BCUT2D eigenvalue weighted by atomic mass is 16.5. The minimum atomic E-state index is -0.725. The van der Waals surface area contributed by atoms with E-state index in [0.717, 1.165) is 36.8 Å². The molecule has 1 saturated heterocycles. The summed E-state index contributed by atoms with van der Waals surface area (Å²) in [7, 11) is 3.27. The van der Waals surface area contributed by atoms with Gasteiger partial charge in [0.25, 0.3) is 0 Å². The Morgan fingerprint density at radius 1 is 1.10 bits per heavy atom. The van der Waals surface area contributed by atoms with Crippen molar-refractivity contribution >= 4 is 5.91 Å². The molecular weight excluding hydrogens is 378 g/mol. The van der Waals surface area contributed by atoms with Crippen LogP contribution in [0.25, 0.3) is 0 Å². The maximum absolute atomic E-state index is 13.4. The molecule has 1 aliphatic carbocycles. The summed E-state index contributed by atoms with van der Waals surface area (Å²) in [5, 5.41) is 11.5. The first-order valence-electron chi connectivity index (χ1n) is 10.8. The van der Waals surface area contributed by atoms with E-state index in [1.807, 2.05) is 53.4 Å². The van der Waals surface area contributed by atoms with Crippen LogP contribution in [0.2, 0.25) is 0 Å². The van der Waals surface area contributed by atoms with Crippen LogP contribution in [0.5, 0.6) is 11.5 Å². The number of fused-ring (bicyclic) bond motifs is 1. The Morgan fingerprint density at radius 2 is 1.90 bits per heavy atom. The smallest absolute Gasteiger partial charge is 0.227 e. The Hall–Kier alpha value is -2.53. The van der Waals surface area contributed by atoms with Gasteiger partial charge in [-0.15, -0.1) is 0 Å². The molecule has 5 heteroatoms. The fourth-order valence-corrected chi connectivity index (χ4v) is 5.28. The molecule has 3 atom stereocenters. The van der Waals surface area contributed by atoms with Gasteiger partial charge in [-0.2, -0.15) is 0 Å². The van der Waals surface area contributed by atoms with Gasteiger partial charge in [-0.3, -0.25) is 4.79 Å². The van der Waals surface area contributed by atoms with Gasteiger partial charge in [-0.25, -0.2) is 0 Å². The number of benzene rings is 2. The van der Waals surface area contributed by atoms with Crippen molar-refractivity contribution in [3.63, 3.8) is 0 Å². The zero-order valence-electron chi connectivity index (χ0n) is 17.8. The van der Waals surface area contributed by atoms with Gasteiger partial charge in [0.05, 0.1) is 32.3 Å². The van der Waals surface area contributed by atoms with Gasteiger partial charge < -0.3 is 19.5 Å². The summed E-state index contributed by atoms with van der Waals surface area (Å²) >= 11 is 0. The summed E-state index contributed by atoms with van der Waals surface area (Å²) in [6.45, 7) is 0.554. The zero-order chi connectivity index (χ0) is 21.1. The van der Waals surface area contributed by atoms with Gasteiger partial charge in [0.15, 0.2) is 0 Å². The van der Waals surface area contributed by atoms with Crippen molar-refractivity contribution in [3.05, 3.63) is 59.7 Å². The first-order valence-corrected chi connectivity index (χ1v) is 10.8. The lowest BCUT2D eigenvalue weighted by Crippen LogP contribution is -2.56. The van der Waals surface area contributed by atoms with Gasteiger partial charge in [0, 0.05) is 24.1 Å². The highest BCUT2D eigenvalue weighted by Gasteiger charge is 2.50. The average molecular weight is 410 g/mol. The number of hydrogen-bond donors (Lipinski definition) is 1. The monoisotopic (exact) mass is 409 g/mol. The van der Waals surface area contributed by atoms with Crippen LogP contribution in [0.15, 0.2) is 48.5 Å². The number of nitrogens with zero attached hydrogens (tertiary/aromatic N) is 1. The topological polar surface area (TPSA) is 59.0 Å². The molecule has 160 valence electrons. The SMILES string of the molecule is COc1ccc([C@@H]2[C@@H]3CCCC[C@@]3(O)CCN2C(=O)Cc2ccccc2)c(OC)c1. The maximum Gasteiger partial charge on any atom is 0.227 e. The van der Waals surface area contributed by atoms with Crippen molar-refractivity contribution in [2.45, 2.75) is 50.2 Å². The minimum absolute atomic E-state index is 0.00187. The lowest BCUT2D eigenvalue weighted by atomic mass is 9.66. The lowest BCUT2D eigenvalue weighted by molar-refractivity contribution is -0.154. The number of likely N-dealkylation sites (tertiary alicyclic amines) is 1. The number of carbonyl (C=O) groups excluding carboxylic acids is 1. The Labute approximate surface area is 178 Å². The van der Waals surface area contributed by atoms with Crippen LogP contribution in [0.4, 0.5) is 0 Å². The van der Waals surface area contributed by atoms with E-state index >= 15 is 0 Å². The molecule has 2 aromatic carbocycles. The molecule has 0 spiro atoms. The van der Waals surface area contributed by atoms with Crippen LogP contribution in [0, 0.1) is 5.92 Å². The molecule has 1 N–H and O–H groups in total. The van der Waals surface area contributed by atoms with Gasteiger partial charge in [0.2, 0.25) is 5.91 Å². The predicted octanol–water partition coefficient (Wildman–Crippen LogP) is 4.14. The molecule has 1 amide bonds. The maximum atomic E-state index is 13.4. The molecule has 1 saturated carbocycles. The van der Waals surface area contributed by atoms with E-state index < -0.39 is 5.60 Å². The number of ether oxygens (including phenoxy) is 2. The van der Waals surface area contributed by atoms with Crippen LogP contribution in [-0.4, -0.2) is 42.3 Å². The molecule has 0 aromatic heterocycles. The van der Waals surface area contributed by atoms with Crippen LogP contribution in [-0.2, 0) is 11.2 Å². The van der Waals surface area contributed by atoms with Gasteiger partial charge in [0.1, 0.15) is 11.5 Å². The fourth-order valence-electron chi connectivity index (χ4n) is 5.28. The Bertz CT molecular complexity index is 884. The summed E-state index contributed by atoms with van der Waals surface area (Å²) in [5.74, 6) is 1.51. The number of methoxy groups -OCH3 is 2. The lowest BCUT2D eigenvalue weighted by Gasteiger charge is -2.52.